The summed E-state index contributed by atoms with van der Waals surface area (Å²) in [7, 11) is 0. The molecule has 0 aliphatic carbocycles. The highest BCUT2D eigenvalue weighted by atomic mass is 16.5. The van der Waals surface area contributed by atoms with E-state index in [-0.39, 0.29) is 5.57 Å². The number of benzene rings is 3. The van der Waals surface area contributed by atoms with E-state index in [9.17, 15) is 14.7 Å². The Kier molecular flexibility index (Phi) is 9.11. The minimum absolute atomic E-state index is 0.0851. The predicted molar refractivity (Wildman–Crippen MR) is 150 cm³/mol. The molecule has 0 radical (unpaired) electrons. The third-order valence-corrected chi connectivity index (χ3v) is 6.77. The first-order valence-electron chi connectivity index (χ1n) is 13.0. The summed E-state index contributed by atoms with van der Waals surface area (Å²) in [4.78, 5) is 30.5. The Hall–Kier alpha value is -4.16. The van der Waals surface area contributed by atoms with Gasteiger partial charge in [0.2, 0.25) is 0 Å². The van der Waals surface area contributed by atoms with Gasteiger partial charge in [0.15, 0.2) is 11.5 Å². The van der Waals surface area contributed by atoms with E-state index in [4.69, 9.17) is 4.74 Å². The lowest BCUT2D eigenvalue weighted by Crippen LogP contribution is -2.38. The van der Waals surface area contributed by atoms with E-state index in [0.29, 0.717) is 31.0 Å². The number of hydrogen-bond acceptors (Lipinski definition) is 5. The van der Waals surface area contributed by atoms with Crippen molar-refractivity contribution in [3.05, 3.63) is 119 Å². The number of likely N-dealkylation sites (N-methyl/N-ethyl adjacent to an activating group) is 1. The van der Waals surface area contributed by atoms with Crippen LogP contribution < -0.4 is 4.74 Å². The molecule has 4 rings (SSSR count). The molecule has 196 valence electrons. The maximum absolute atomic E-state index is 13.4. The zero-order valence-corrected chi connectivity index (χ0v) is 21.9. The van der Waals surface area contributed by atoms with Crippen molar-refractivity contribution < 1.29 is 19.4 Å². The highest BCUT2D eigenvalue weighted by Crippen LogP contribution is 2.39. The molecule has 0 aromatic heterocycles. The lowest BCUT2D eigenvalue weighted by atomic mass is 9.95. The van der Waals surface area contributed by atoms with Gasteiger partial charge >= 0.3 is 0 Å². The maximum atomic E-state index is 13.4. The first kappa shape index (κ1) is 26.9. The molecular formula is C32H34N2O4. The third kappa shape index (κ3) is 6.39. The summed E-state index contributed by atoms with van der Waals surface area (Å²) in [5.41, 5.74) is 2.69. The van der Waals surface area contributed by atoms with Crippen molar-refractivity contribution in [1.82, 2.24) is 9.80 Å². The van der Waals surface area contributed by atoms with E-state index in [0.717, 1.165) is 24.2 Å². The SMILES string of the molecule is CCN(CC)CCN1C(=O)C(O)=C(C(=O)/C=C/c2ccccc2)C1c1cccc(OCc2ccccc2)c1. The molecule has 1 heterocycles. The Morgan fingerprint density at radius 2 is 1.66 bits per heavy atom. The van der Waals surface area contributed by atoms with E-state index >= 15 is 0 Å². The summed E-state index contributed by atoms with van der Waals surface area (Å²) >= 11 is 0. The van der Waals surface area contributed by atoms with Crippen molar-refractivity contribution in [3.8, 4) is 5.75 Å². The fourth-order valence-corrected chi connectivity index (χ4v) is 4.61. The van der Waals surface area contributed by atoms with Crippen molar-refractivity contribution in [2.45, 2.75) is 26.5 Å². The Morgan fingerprint density at radius 3 is 2.34 bits per heavy atom. The van der Waals surface area contributed by atoms with E-state index in [1.165, 1.54) is 6.08 Å². The van der Waals surface area contributed by atoms with Crippen LogP contribution in [0.1, 0.15) is 36.6 Å². The van der Waals surface area contributed by atoms with Crippen LogP contribution in [0.25, 0.3) is 6.08 Å². The van der Waals surface area contributed by atoms with E-state index in [1.807, 2.05) is 84.9 Å². The second-order valence-electron chi connectivity index (χ2n) is 9.15. The molecule has 1 N–H and O–H groups in total. The van der Waals surface area contributed by atoms with Gasteiger partial charge in [0.25, 0.3) is 5.91 Å². The molecule has 0 spiro atoms. The van der Waals surface area contributed by atoms with Crippen LogP contribution in [-0.4, -0.2) is 52.8 Å². The Balaban J connectivity index is 1.64. The molecule has 0 fully saturated rings. The topological polar surface area (TPSA) is 70.1 Å². The Morgan fingerprint density at radius 1 is 0.974 bits per heavy atom. The third-order valence-electron chi connectivity index (χ3n) is 6.77. The molecule has 0 saturated carbocycles. The van der Waals surface area contributed by atoms with Crippen LogP contribution >= 0.6 is 0 Å². The van der Waals surface area contributed by atoms with Crippen molar-refractivity contribution >= 4 is 17.8 Å². The number of amides is 1. The summed E-state index contributed by atoms with van der Waals surface area (Å²) < 4.78 is 6.03. The van der Waals surface area contributed by atoms with Crippen LogP contribution in [0.5, 0.6) is 5.75 Å². The normalized spacial score (nSPS) is 15.6. The van der Waals surface area contributed by atoms with Crippen LogP contribution in [0.15, 0.2) is 102 Å². The highest BCUT2D eigenvalue weighted by molar-refractivity contribution is 6.14. The number of rotatable bonds is 12. The second kappa shape index (κ2) is 12.9. The van der Waals surface area contributed by atoms with Gasteiger partial charge < -0.3 is 19.6 Å². The van der Waals surface area contributed by atoms with Gasteiger partial charge in [-0.2, -0.15) is 0 Å². The van der Waals surface area contributed by atoms with E-state index in [2.05, 4.69) is 18.7 Å². The van der Waals surface area contributed by atoms with Gasteiger partial charge in [0.1, 0.15) is 12.4 Å². The fraction of sp³-hybridized carbons (Fsp3) is 0.250. The van der Waals surface area contributed by atoms with Gasteiger partial charge in [0.05, 0.1) is 11.6 Å². The summed E-state index contributed by atoms with van der Waals surface area (Å²) in [5, 5.41) is 10.9. The number of hydrogen-bond donors (Lipinski definition) is 1. The lowest BCUT2D eigenvalue weighted by Gasteiger charge is -2.29. The Bertz CT molecular complexity index is 1300. The quantitative estimate of drug-likeness (QED) is 0.322. The molecule has 6 nitrogen and oxygen atoms in total. The van der Waals surface area contributed by atoms with Crippen LogP contribution in [0, 0.1) is 0 Å². The van der Waals surface area contributed by atoms with Gasteiger partial charge in [0, 0.05) is 13.1 Å². The number of allylic oxidation sites excluding steroid dienone is 1. The van der Waals surface area contributed by atoms with Crippen molar-refractivity contribution in [2.75, 3.05) is 26.2 Å². The minimum Gasteiger partial charge on any atom is -0.503 e. The summed E-state index contributed by atoms with van der Waals surface area (Å²) in [5.74, 6) is -0.798. The average molecular weight is 511 g/mol. The van der Waals surface area contributed by atoms with Crippen LogP contribution in [0.4, 0.5) is 0 Å². The van der Waals surface area contributed by atoms with Crippen LogP contribution in [0.2, 0.25) is 0 Å². The molecular weight excluding hydrogens is 476 g/mol. The van der Waals surface area contributed by atoms with Crippen LogP contribution in [0.3, 0.4) is 0 Å². The molecule has 1 aliphatic heterocycles. The molecule has 38 heavy (non-hydrogen) atoms. The molecule has 1 amide bonds. The smallest absolute Gasteiger partial charge is 0.290 e. The molecule has 1 unspecified atom stereocenters. The van der Waals surface area contributed by atoms with Crippen molar-refractivity contribution in [3.63, 3.8) is 0 Å². The number of aliphatic hydroxyl groups is 1. The number of ether oxygens (including phenoxy) is 1. The van der Waals surface area contributed by atoms with E-state index < -0.39 is 23.5 Å². The second-order valence-corrected chi connectivity index (χ2v) is 9.15. The minimum atomic E-state index is -0.716. The first-order chi connectivity index (χ1) is 18.5. The van der Waals surface area contributed by atoms with Gasteiger partial charge in [-0.3, -0.25) is 9.59 Å². The first-order valence-corrected chi connectivity index (χ1v) is 13.0. The Labute approximate surface area is 224 Å². The monoisotopic (exact) mass is 510 g/mol. The van der Waals surface area contributed by atoms with Gasteiger partial charge in [-0.25, -0.2) is 0 Å². The highest BCUT2D eigenvalue weighted by Gasteiger charge is 2.42. The number of carbonyl (C=O) groups excluding carboxylic acids is 2. The van der Waals surface area contributed by atoms with Gasteiger partial charge in [-0.1, -0.05) is 92.7 Å². The summed E-state index contributed by atoms with van der Waals surface area (Å²) in [6.45, 7) is 7.23. The zero-order chi connectivity index (χ0) is 26.9. The lowest BCUT2D eigenvalue weighted by molar-refractivity contribution is -0.129. The van der Waals surface area contributed by atoms with Crippen LogP contribution in [-0.2, 0) is 16.2 Å². The van der Waals surface area contributed by atoms with Crippen molar-refractivity contribution in [1.29, 1.82) is 0 Å². The molecule has 0 saturated heterocycles. The zero-order valence-electron chi connectivity index (χ0n) is 21.9. The molecule has 1 aliphatic rings. The molecule has 1 atom stereocenters. The predicted octanol–water partition coefficient (Wildman–Crippen LogP) is 5.59. The fourth-order valence-electron chi connectivity index (χ4n) is 4.61. The van der Waals surface area contributed by atoms with Gasteiger partial charge in [-0.05, 0) is 48.0 Å². The number of nitrogens with zero attached hydrogens (tertiary/aromatic N) is 2. The number of aliphatic hydroxyl groups excluding tert-OH is 1. The summed E-state index contributed by atoms with van der Waals surface area (Å²) in [6, 6.07) is 26.0. The van der Waals surface area contributed by atoms with E-state index in [1.54, 1.807) is 11.0 Å². The maximum Gasteiger partial charge on any atom is 0.290 e. The van der Waals surface area contributed by atoms with Gasteiger partial charge in [-0.15, -0.1) is 0 Å². The number of carbonyl (C=O) groups is 2. The molecule has 6 heteroatoms. The molecule has 3 aromatic carbocycles. The molecule has 3 aromatic rings. The largest absolute Gasteiger partial charge is 0.503 e. The van der Waals surface area contributed by atoms with Crippen molar-refractivity contribution in [2.24, 2.45) is 0 Å². The average Bonchev–Trinajstić information content (AvgIpc) is 3.22. The molecule has 0 bridgehead atoms. The number of ketones is 1. The standard InChI is InChI=1S/C32H34N2O4/c1-3-33(4-2)20-21-34-30(26-16-11-17-27(22-26)38-23-25-14-9-6-10-15-25)29(31(36)32(34)37)28(35)19-18-24-12-7-5-8-13-24/h5-19,22,30,36H,3-4,20-21,23H2,1-2H3/b19-18+. The summed E-state index contributed by atoms with van der Waals surface area (Å²) in [6.07, 6.45) is 3.12.